The molecule has 0 aromatic rings. The third-order valence-electron chi connectivity index (χ3n) is 0. The summed E-state index contributed by atoms with van der Waals surface area (Å²) >= 11 is 1.69. The van der Waals surface area contributed by atoms with Crippen molar-refractivity contribution in [3.05, 3.63) is 0 Å². The molecule has 0 amide bonds. The number of rotatable bonds is 0. The van der Waals surface area contributed by atoms with Gasteiger partial charge in [-0.15, -0.1) is 0 Å². The molecule has 0 unspecified atom stereocenters. The number of phosphoric acid groups is 2. The summed E-state index contributed by atoms with van der Waals surface area (Å²) in [5.74, 6) is 0. The van der Waals surface area contributed by atoms with Crippen LogP contribution in [-0.4, -0.2) is 29.4 Å². The van der Waals surface area contributed by atoms with Crippen molar-refractivity contribution in [2.75, 3.05) is 0 Å². The molecule has 0 aliphatic carbocycles. The molecule has 0 fully saturated rings. The first-order valence-electron chi connectivity index (χ1n) is 1.72. The van der Waals surface area contributed by atoms with Gasteiger partial charge in [-0.25, -0.2) is 9.13 Å². The molecule has 0 bridgehead atoms. The first kappa shape index (κ1) is 42.8. The van der Waals surface area contributed by atoms with Crippen molar-refractivity contribution < 1.29 is 136 Å². The van der Waals surface area contributed by atoms with Crippen LogP contribution in [0.4, 0.5) is 0 Å². The van der Waals surface area contributed by atoms with Crippen molar-refractivity contribution in [2.45, 2.75) is 0 Å². The number of hydrogen-bond acceptors (Lipinski definition) is 3. The Morgan fingerprint density at radius 3 is 0.688 bits per heavy atom. The Bertz CT molecular complexity index is 165. The molecule has 92 valence electrons. The van der Waals surface area contributed by atoms with Crippen LogP contribution in [-0.2, 0) is 45.7 Å². The zero-order chi connectivity index (χ0) is 11.0. The molecule has 1 radical (unpaired) electrons. The van der Waals surface area contributed by atoms with E-state index in [4.69, 9.17) is 42.3 Å². The minimum atomic E-state index is -4.64. The SMILES string of the molecule is O=P(O)(O)O.O=P(O)(O)O.[Co].[H-].[H-].[H-].[Li+].[Li+].[Li+].[O]=[Mn]. The van der Waals surface area contributed by atoms with E-state index >= 15 is 0 Å². The maximum absolute atomic E-state index is 8.88. The molecule has 16 heavy (non-hydrogen) atoms. The molecule has 0 saturated carbocycles. The number of hydrogen-bond donors (Lipinski definition) is 6. The van der Waals surface area contributed by atoms with Gasteiger partial charge in [0.25, 0.3) is 0 Å². The van der Waals surface area contributed by atoms with Crippen LogP contribution in [0.5, 0.6) is 0 Å². The Balaban J connectivity index is -0.00000000709. The first-order valence-corrected chi connectivity index (χ1v) is 5.33. The summed E-state index contributed by atoms with van der Waals surface area (Å²) in [7, 11) is -9.28. The van der Waals surface area contributed by atoms with Crippen LogP contribution in [0.25, 0.3) is 0 Å². The summed E-state index contributed by atoms with van der Waals surface area (Å²) < 4.78 is 25.8. The average molecular weight is 350 g/mol. The molecule has 0 aromatic heterocycles. The van der Waals surface area contributed by atoms with Crippen LogP contribution in [0.1, 0.15) is 4.28 Å². The van der Waals surface area contributed by atoms with E-state index in [9.17, 15) is 0 Å². The van der Waals surface area contributed by atoms with Crippen molar-refractivity contribution in [2.24, 2.45) is 0 Å². The molecule has 0 atom stereocenters. The molecule has 0 aliphatic rings. The summed E-state index contributed by atoms with van der Waals surface area (Å²) in [5, 5.41) is 0. The quantitative estimate of drug-likeness (QED) is 0.183. The van der Waals surface area contributed by atoms with Crippen LogP contribution in [0.2, 0.25) is 0 Å². The molecule has 0 heterocycles. The molecular formula is H9CoLi3MnO9P2. The fraction of sp³-hybridized carbons (Fsp3) is 0. The Labute approximate surface area is 150 Å². The zero-order valence-electron chi connectivity index (χ0n) is 11.5. The summed E-state index contributed by atoms with van der Waals surface area (Å²) in [6.07, 6.45) is 0. The standard InChI is InChI=1S/Co.3Li.Mn.2H3O4P.O.3H/c;;;;;2*1-5(2,3)4;;;;/h;;;;;2*(H3,1,2,3,4);;;;/q;3*+1;;;;;3*-1. The molecule has 0 saturated heterocycles. The fourth-order valence-corrected chi connectivity index (χ4v) is 0. The Morgan fingerprint density at radius 1 is 0.688 bits per heavy atom. The van der Waals surface area contributed by atoms with Gasteiger partial charge in [-0.3, -0.25) is 0 Å². The average Bonchev–Trinajstić information content (AvgIpc) is 1.59. The van der Waals surface area contributed by atoms with Gasteiger partial charge in [0, 0.05) is 16.8 Å². The van der Waals surface area contributed by atoms with Crippen molar-refractivity contribution in [3.8, 4) is 0 Å². The van der Waals surface area contributed by atoms with E-state index in [1.165, 1.54) is 0 Å². The van der Waals surface area contributed by atoms with E-state index in [1.54, 1.807) is 15.9 Å². The van der Waals surface area contributed by atoms with Gasteiger partial charge in [0.1, 0.15) is 0 Å². The third-order valence-corrected chi connectivity index (χ3v) is 0. The first-order chi connectivity index (χ1) is 5.00. The molecule has 9 nitrogen and oxygen atoms in total. The summed E-state index contributed by atoms with van der Waals surface area (Å²) in [4.78, 5) is 43.1. The van der Waals surface area contributed by atoms with Crippen molar-refractivity contribution >= 4 is 15.6 Å². The molecule has 0 aliphatic heterocycles. The van der Waals surface area contributed by atoms with E-state index < -0.39 is 15.6 Å². The molecule has 0 aromatic carbocycles. The molecule has 16 heteroatoms. The van der Waals surface area contributed by atoms with E-state index in [-0.39, 0.29) is 77.6 Å². The minimum absolute atomic E-state index is 0. The van der Waals surface area contributed by atoms with Gasteiger partial charge in [-0.1, -0.05) is 0 Å². The van der Waals surface area contributed by atoms with Crippen LogP contribution < -0.4 is 56.6 Å². The Kier molecular flexibility index (Phi) is 61.4. The topological polar surface area (TPSA) is 173 Å². The maximum atomic E-state index is 8.88. The van der Waals surface area contributed by atoms with Crippen molar-refractivity contribution in [1.82, 2.24) is 0 Å². The fourth-order valence-electron chi connectivity index (χ4n) is 0. The van der Waals surface area contributed by atoms with Gasteiger partial charge >= 0.3 is 92.0 Å². The van der Waals surface area contributed by atoms with E-state index in [0.29, 0.717) is 0 Å². The second-order valence-electron chi connectivity index (χ2n) is 1.03. The summed E-state index contributed by atoms with van der Waals surface area (Å²) in [6, 6.07) is 0. The van der Waals surface area contributed by atoms with Crippen LogP contribution in [0, 0.1) is 0 Å². The van der Waals surface area contributed by atoms with Crippen LogP contribution >= 0.6 is 15.6 Å². The van der Waals surface area contributed by atoms with E-state index in [2.05, 4.69) is 0 Å². The van der Waals surface area contributed by atoms with Crippen LogP contribution in [0.3, 0.4) is 0 Å². The molecular weight excluding hydrogens is 341 g/mol. The van der Waals surface area contributed by atoms with Gasteiger partial charge in [0.05, 0.1) is 0 Å². The summed E-state index contributed by atoms with van der Waals surface area (Å²) in [5.41, 5.74) is 0. The van der Waals surface area contributed by atoms with Gasteiger partial charge in [-0.05, 0) is 0 Å². The summed E-state index contributed by atoms with van der Waals surface area (Å²) in [6.45, 7) is 0. The second-order valence-corrected chi connectivity index (χ2v) is 3.08. The third kappa shape index (κ3) is 524. The zero-order valence-corrected chi connectivity index (χ0v) is 12.5. The Morgan fingerprint density at radius 2 is 0.688 bits per heavy atom. The monoisotopic (exact) mass is 350 g/mol. The van der Waals surface area contributed by atoms with Crippen molar-refractivity contribution in [1.29, 1.82) is 0 Å². The second kappa shape index (κ2) is 23.0. The van der Waals surface area contributed by atoms with Crippen molar-refractivity contribution in [3.63, 3.8) is 0 Å². The van der Waals surface area contributed by atoms with Gasteiger partial charge < -0.3 is 33.6 Å². The van der Waals surface area contributed by atoms with Gasteiger partial charge in [0.2, 0.25) is 0 Å². The normalized spacial score (nSPS) is 7.62. The molecule has 0 rings (SSSR count). The molecule has 6 N–H and O–H groups in total. The van der Waals surface area contributed by atoms with Crippen LogP contribution in [0.15, 0.2) is 0 Å². The Hall–Kier alpha value is 2.84. The predicted molar refractivity (Wildman–Crippen MR) is 32.5 cm³/mol. The van der Waals surface area contributed by atoms with Gasteiger partial charge in [-0.2, -0.15) is 0 Å². The predicted octanol–water partition coefficient (Wildman–Crippen LogP) is -10.6. The van der Waals surface area contributed by atoms with E-state index in [1.807, 2.05) is 0 Å². The molecule has 0 spiro atoms. The van der Waals surface area contributed by atoms with E-state index in [0.717, 1.165) is 0 Å². The van der Waals surface area contributed by atoms with Gasteiger partial charge in [0.15, 0.2) is 0 Å².